The van der Waals surface area contributed by atoms with Crippen molar-refractivity contribution in [1.29, 1.82) is 0 Å². The second-order valence-corrected chi connectivity index (χ2v) is 6.65. The molecule has 0 radical (unpaired) electrons. The predicted octanol–water partition coefficient (Wildman–Crippen LogP) is 2.45. The van der Waals surface area contributed by atoms with Crippen LogP contribution in [0, 0.1) is 5.41 Å². The number of ether oxygens (including phenoxy) is 2. The Bertz CT molecular complexity index is 289. The second-order valence-electron chi connectivity index (χ2n) is 6.65. The van der Waals surface area contributed by atoms with Crippen LogP contribution in [-0.2, 0) is 9.47 Å². The summed E-state index contributed by atoms with van der Waals surface area (Å²) in [6, 6.07) is 0. The highest BCUT2D eigenvalue weighted by Crippen LogP contribution is 2.50. The fourth-order valence-electron chi connectivity index (χ4n) is 3.80. The van der Waals surface area contributed by atoms with Crippen LogP contribution in [0.1, 0.15) is 52.4 Å². The fraction of sp³-hybridized carbons (Fsp3) is 1.00. The largest absolute Gasteiger partial charge is 0.381 e. The molecule has 2 saturated heterocycles. The highest BCUT2D eigenvalue weighted by atomic mass is 16.6. The molecule has 2 aliphatic heterocycles. The van der Waals surface area contributed by atoms with E-state index in [0.717, 1.165) is 32.6 Å². The first kappa shape index (κ1) is 11.9. The first-order valence-electron chi connectivity index (χ1n) is 7.11. The van der Waals surface area contributed by atoms with Gasteiger partial charge in [-0.05, 0) is 25.7 Å². The van der Waals surface area contributed by atoms with E-state index in [4.69, 9.17) is 9.47 Å². The third-order valence-corrected chi connectivity index (χ3v) is 5.19. The minimum absolute atomic E-state index is 0.00708. The van der Waals surface area contributed by atoms with E-state index in [-0.39, 0.29) is 16.7 Å². The van der Waals surface area contributed by atoms with Crippen molar-refractivity contribution in [3.8, 4) is 0 Å². The molecule has 2 heterocycles. The summed E-state index contributed by atoms with van der Waals surface area (Å²) in [4.78, 5) is 0. The molecule has 3 aliphatic rings. The molecule has 1 N–H and O–H groups in total. The Morgan fingerprint density at radius 3 is 2.24 bits per heavy atom. The van der Waals surface area contributed by atoms with Crippen molar-refractivity contribution in [1.82, 2.24) is 5.32 Å². The van der Waals surface area contributed by atoms with Crippen molar-refractivity contribution < 1.29 is 9.47 Å². The maximum Gasteiger partial charge on any atom is 0.120 e. The average molecular weight is 239 g/mol. The highest BCUT2D eigenvalue weighted by Gasteiger charge is 2.56. The highest BCUT2D eigenvalue weighted by molar-refractivity contribution is 5.05. The van der Waals surface area contributed by atoms with Crippen LogP contribution in [0.3, 0.4) is 0 Å². The van der Waals surface area contributed by atoms with E-state index in [1.54, 1.807) is 0 Å². The van der Waals surface area contributed by atoms with E-state index in [1.807, 2.05) is 0 Å². The van der Waals surface area contributed by atoms with Gasteiger partial charge in [-0.15, -0.1) is 0 Å². The first-order chi connectivity index (χ1) is 8.08. The number of nitrogens with one attached hydrogen (secondary N) is 1. The SMILES string of the molecule is CC1(C)CNC2(CCCC2)OC12CCOCC2. The van der Waals surface area contributed by atoms with Gasteiger partial charge in [-0.3, -0.25) is 5.32 Å². The summed E-state index contributed by atoms with van der Waals surface area (Å²) in [6.07, 6.45) is 7.10. The molecule has 0 atom stereocenters. The standard InChI is InChI=1S/C14H25NO2/c1-12(2)11-15-14(5-3-4-6-14)17-13(12)7-9-16-10-8-13/h15H,3-11H2,1-2H3. The van der Waals surface area contributed by atoms with E-state index in [9.17, 15) is 0 Å². The van der Waals surface area contributed by atoms with Crippen LogP contribution >= 0.6 is 0 Å². The van der Waals surface area contributed by atoms with E-state index >= 15 is 0 Å². The molecule has 3 nitrogen and oxygen atoms in total. The van der Waals surface area contributed by atoms with Crippen molar-refractivity contribution >= 4 is 0 Å². The van der Waals surface area contributed by atoms with Crippen LogP contribution in [0.4, 0.5) is 0 Å². The third kappa shape index (κ3) is 1.83. The Hall–Kier alpha value is -0.120. The lowest BCUT2D eigenvalue weighted by Gasteiger charge is -2.57. The van der Waals surface area contributed by atoms with E-state index in [0.29, 0.717) is 0 Å². The zero-order valence-electron chi connectivity index (χ0n) is 11.2. The van der Waals surface area contributed by atoms with Gasteiger partial charge >= 0.3 is 0 Å². The van der Waals surface area contributed by atoms with Crippen molar-refractivity contribution in [2.75, 3.05) is 19.8 Å². The van der Waals surface area contributed by atoms with Crippen LogP contribution in [0.15, 0.2) is 0 Å². The van der Waals surface area contributed by atoms with Gasteiger partial charge in [0.25, 0.3) is 0 Å². The predicted molar refractivity (Wildman–Crippen MR) is 66.9 cm³/mol. The van der Waals surface area contributed by atoms with Gasteiger partial charge in [0.2, 0.25) is 0 Å². The molecule has 1 aliphatic carbocycles. The molecule has 1 saturated carbocycles. The minimum atomic E-state index is -0.00708. The van der Waals surface area contributed by atoms with Gasteiger partial charge in [-0.25, -0.2) is 0 Å². The minimum Gasteiger partial charge on any atom is -0.381 e. The zero-order chi connectivity index (χ0) is 12.0. The summed E-state index contributed by atoms with van der Waals surface area (Å²) in [5, 5.41) is 3.69. The third-order valence-electron chi connectivity index (χ3n) is 5.19. The average Bonchev–Trinajstić information content (AvgIpc) is 2.75. The fourth-order valence-corrected chi connectivity index (χ4v) is 3.80. The lowest BCUT2D eigenvalue weighted by molar-refractivity contribution is -0.272. The summed E-state index contributed by atoms with van der Waals surface area (Å²) in [5.74, 6) is 0. The number of hydrogen-bond acceptors (Lipinski definition) is 3. The Balaban J connectivity index is 1.86. The van der Waals surface area contributed by atoms with Gasteiger partial charge in [-0.1, -0.05) is 13.8 Å². The van der Waals surface area contributed by atoms with Gasteiger partial charge in [0.05, 0.1) is 5.60 Å². The molecule has 0 amide bonds. The summed E-state index contributed by atoms with van der Waals surface area (Å²) in [6.45, 7) is 7.48. The van der Waals surface area contributed by atoms with Gasteiger partial charge in [0, 0.05) is 38.0 Å². The zero-order valence-corrected chi connectivity index (χ0v) is 11.2. The Kier molecular flexibility index (Phi) is 2.77. The smallest absolute Gasteiger partial charge is 0.120 e. The Morgan fingerprint density at radius 2 is 1.59 bits per heavy atom. The van der Waals surface area contributed by atoms with Crippen LogP contribution in [0.5, 0.6) is 0 Å². The van der Waals surface area contributed by atoms with E-state index in [1.165, 1.54) is 25.7 Å². The van der Waals surface area contributed by atoms with Crippen molar-refractivity contribution in [3.63, 3.8) is 0 Å². The Morgan fingerprint density at radius 1 is 0.941 bits per heavy atom. The number of rotatable bonds is 0. The molecule has 98 valence electrons. The lowest BCUT2D eigenvalue weighted by Crippen LogP contribution is -2.67. The van der Waals surface area contributed by atoms with Crippen LogP contribution in [-0.4, -0.2) is 31.1 Å². The molecular formula is C14H25NO2. The van der Waals surface area contributed by atoms with Gasteiger partial charge in [0.15, 0.2) is 0 Å². The van der Waals surface area contributed by atoms with Gasteiger partial charge < -0.3 is 9.47 Å². The van der Waals surface area contributed by atoms with Gasteiger partial charge in [0.1, 0.15) is 5.72 Å². The second kappa shape index (κ2) is 3.94. The molecule has 3 rings (SSSR count). The summed E-state index contributed by atoms with van der Waals surface area (Å²) < 4.78 is 12.2. The van der Waals surface area contributed by atoms with E-state index in [2.05, 4.69) is 19.2 Å². The summed E-state index contributed by atoms with van der Waals surface area (Å²) in [7, 11) is 0. The molecular weight excluding hydrogens is 214 g/mol. The van der Waals surface area contributed by atoms with Crippen LogP contribution < -0.4 is 5.32 Å². The van der Waals surface area contributed by atoms with Crippen LogP contribution in [0.25, 0.3) is 0 Å². The lowest BCUT2D eigenvalue weighted by atomic mass is 9.68. The maximum atomic E-state index is 6.69. The summed E-state index contributed by atoms with van der Waals surface area (Å²) >= 11 is 0. The van der Waals surface area contributed by atoms with Gasteiger partial charge in [-0.2, -0.15) is 0 Å². The molecule has 0 unspecified atom stereocenters. The van der Waals surface area contributed by atoms with Crippen molar-refractivity contribution in [3.05, 3.63) is 0 Å². The first-order valence-corrected chi connectivity index (χ1v) is 7.11. The van der Waals surface area contributed by atoms with Crippen LogP contribution in [0.2, 0.25) is 0 Å². The van der Waals surface area contributed by atoms with Crippen molar-refractivity contribution in [2.45, 2.75) is 63.7 Å². The summed E-state index contributed by atoms with van der Waals surface area (Å²) in [5.41, 5.74) is 0.248. The molecule has 0 aromatic carbocycles. The Labute approximate surface area is 104 Å². The molecule has 3 fully saturated rings. The molecule has 0 bridgehead atoms. The maximum absolute atomic E-state index is 6.69. The molecule has 17 heavy (non-hydrogen) atoms. The van der Waals surface area contributed by atoms with Crippen molar-refractivity contribution in [2.24, 2.45) is 5.41 Å². The van der Waals surface area contributed by atoms with E-state index < -0.39 is 0 Å². The monoisotopic (exact) mass is 239 g/mol. The molecule has 0 aromatic rings. The topological polar surface area (TPSA) is 30.5 Å². The quantitative estimate of drug-likeness (QED) is 0.704. The molecule has 2 spiro atoms. The number of hydrogen-bond donors (Lipinski definition) is 1. The molecule has 0 aromatic heterocycles. The normalized spacial score (nSPS) is 34.2. The molecule has 3 heteroatoms.